The number of fused-ring (bicyclic) bond motifs is 1. The van der Waals surface area contributed by atoms with Gasteiger partial charge in [-0.3, -0.25) is 4.79 Å². The molecule has 8 nitrogen and oxygen atoms in total. The molecular formula is C18H21N3O5S. The predicted octanol–water partition coefficient (Wildman–Crippen LogP) is 1.16. The smallest absolute Gasteiger partial charge is 0.231 e. The van der Waals surface area contributed by atoms with Gasteiger partial charge in [0.2, 0.25) is 27.7 Å². The lowest BCUT2D eigenvalue weighted by Gasteiger charge is -2.31. The standard InChI is InChI=1S/C18H21N3O5S/c1-20-9-6-19-18(20)27(23,24)14-4-7-21(8-5-14)17(22)11-13-2-3-15-16(10-13)26-12-25-15/h2-3,6,9-10,14H,4-5,7-8,11-12H2,1H3. The highest BCUT2D eigenvalue weighted by molar-refractivity contribution is 7.91. The van der Waals surface area contributed by atoms with Crippen molar-refractivity contribution in [2.45, 2.75) is 29.7 Å². The van der Waals surface area contributed by atoms with E-state index in [-0.39, 0.29) is 24.3 Å². The number of carbonyl (C=O) groups is 1. The van der Waals surface area contributed by atoms with E-state index in [1.54, 1.807) is 24.2 Å². The first kappa shape index (κ1) is 17.8. The van der Waals surface area contributed by atoms with Gasteiger partial charge in [-0.15, -0.1) is 0 Å². The first-order chi connectivity index (χ1) is 12.9. The number of ether oxygens (including phenoxy) is 2. The molecule has 1 amide bonds. The summed E-state index contributed by atoms with van der Waals surface area (Å²) in [7, 11) is -1.81. The Morgan fingerprint density at radius 3 is 2.67 bits per heavy atom. The van der Waals surface area contributed by atoms with Gasteiger partial charge in [-0.25, -0.2) is 13.4 Å². The van der Waals surface area contributed by atoms with E-state index in [9.17, 15) is 13.2 Å². The zero-order chi connectivity index (χ0) is 19.0. The van der Waals surface area contributed by atoms with Crippen molar-refractivity contribution in [2.75, 3.05) is 19.9 Å². The molecule has 1 aromatic heterocycles. The summed E-state index contributed by atoms with van der Waals surface area (Å²) in [5.74, 6) is 1.33. The van der Waals surface area contributed by atoms with Gasteiger partial charge in [0.1, 0.15) is 0 Å². The lowest BCUT2D eigenvalue weighted by Crippen LogP contribution is -2.43. The predicted molar refractivity (Wildman–Crippen MR) is 96.3 cm³/mol. The number of sulfone groups is 1. The van der Waals surface area contributed by atoms with Crippen molar-refractivity contribution in [2.24, 2.45) is 7.05 Å². The van der Waals surface area contributed by atoms with Crippen LogP contribution in [0.25, 0.3) is 0 Å². The molecule has 0 atom stereocenters. The quantitative estimate of drug-likeness (QED) is 0.777. The van der Waals surface area contributed by atoms with Crippen LogP contribution in [-0.2, 0) is 28.1 Å². The number of piperidine rings is 1. The Morgan fingerprint density at radius 1 is 1.22 bits per heavy atom. The SMILES string of the molecule is Cn1ccnc1S(=O)(=O)C1CCN(C(=O)Cc2ccc3c(c2)OCO3)CC1. The average molecular weight is 391 g/mol. The largest absolute Gasteiger partial charge is 0.454 e. The highest BCUT2D eigenvalue weighted by atomic mass is 32.2. The second-order valence-electron chi connectivity index (χ2n) is 6.81. The number of benzene rings is 1. The highest BCUT2D eigenvalue weighted by Gasteiger charge is 2.35. The van der Waals surface area contributed by atoms with Crippen molar-refractivity contribution < 1.29 is 22.7 Å². The third-order valence-corrected chi connectivity index (χ3v) is 7.31. The molecule has 2 aliphatic rings. The van der Waals surface area contributed by atoms with Crippen LogP contribution in [0.1, 0.15) is 18.4 Å². The number of aryl methyl sites for hydroxylation is 1. The third kappa shape index (κ3) is 3.39. The minimum Gasteiger partial charge on any atom is -0.454 e. The molecule has 9 heteroatoms. The van der Waals surface area contributed by atoms with Crippen molar-refractivity contribution in [3.63, 3.8) is 0 Å². The Labute approximate surface area is 157 Å². The van der Waals surface area contributed by atoms with Crippen molar-refractivity contribution in [3.05, 3.63) is 36.2 Å². The number of carbonyl (C=O) groups excluding carboxylic acids is 1. The molecule has 1 aromatic carbocycles. The summed E-state index contributed by atoms with van der Waals surface area (Å²) >= 11 is 0. The Hall–Kier alpha value is -2.55. The molecule has 0 saturated carbocycles. The average Bonchev–Trinajstić information content (AvgIpc) is 3.30. The van der Waals surface area contributed by atoms with E-state index in [1.807, 2.05) is 12.1 Å². The highest BCUT2D eigenvalue weighted by Crippen LogP contribution is 2.33. The summed E-state index contributed by atoms with van der Waals surface area (Å²) in [5, 5.41) is -0.416. The summed E-state index contributed by atoms with van der Waals surface area (Å²) < 4.78 is 37.6. The van der Waals surface area contributed by atoms with Gasteiger partial charge in [-0.1, -0.05) is 6.07 Å². The number of nitrogens with zero attached hydrogens (tertiary/aromatic N) is 3. The van der Waals surface area contributed by atoms with Gasteiger partial charge in [0.15, 0.2) is 11.5 Å². The first-order valence-electron chi connectivity index (χ1n) is 8.82. The molecule has 3 heterocycles. The van der Waals surface area contributed by atoms with E-state index in [0.29, 0.717) is 37.4 Å². The number of hydrogen-bond donors (Lipinski definition) is 0. The van der Waals surface area contributed by atoms with Gasteiger partial charge in [0.05, 0.1) is 11.7 Å². The van der Waals surface area contributed by atoms with Crippen LogP contribution in [0.3, 0.4) is 0 Å². The van der Waals surface area contributed by atoms with Gasteiger partial charge in [-0.05, 0) is 30.5 Å². The van der Waals surface area contributed by atoms with E-state index < -0.39 is 15.1 Å². The Balaban J connectivity index is 1.38. The molecule has 4 rings (SSSR count). The Morgan fingerprint density at radius 2 is 1.96 bits per heavy atom. The fourth-order valence-electron chi connectivity index (χ4n) is 3.53. The van der Waals surface area contributed by atoms with Crippen molar-refractivity contribution in [1.29, 1.82) is 0 Å². The van der Waals surface area contributed by atoms with E-state index in [4.69, 9.17) is 9.47 Å². The fourth-order valence-corrected chi connectivity index (χ4v) is 5.33. The van der Waals surface area contributed by atoms with Crippen molar-refractivity contribution in [3.8, 4) is 11.5 Å². The molecule has 0 unspecified atom stereocenters. The molecule has 0 radical (unpaired) electrons. The van der Waals surface area contributed by atoms with Crippen LogP contribution >= 0.6 is 0 Å². The summed E-state index contributed by atoms with van der Waals surface area (Å²) in [5.41, 5.74) is 0.854. The summed E-state index contributed by atoms with van der Waals surface area (Å²) in [6.07, 6.45) is 4.20. The zero-order valence-corrected chi connectivity index (χ0v) is 15.8. The molecule has 1 saturated heterocycles. The molecule has 27 heavy (non-hydrogen) atoms. The second kappa shape index (κ2) is 6.88. The van der Waals surface area contributed by atoms with E-state index in [0.717, 1.165) is 5.56 Å². The maximum absolute atomic E-state index is 12.7. The van der Waals surface area contributed by atoms with E-state index >= 15 is 0 Å². The van der Waals surface area contributed by atoms with Crippen LogP contribution in [0.4, 0.5) is 0 Å². The normalized spacial score (nSPS) is 17.3. The molecule has 2 aromatic rings. The van der Waals surface area contributed by atoms with Crippen LogP contribution in [0.15, 0.2) is 35.7 Å². The lowest BCUT2D eigenvalue weighted by molar-refractivity contribution is -0.131. The second-order valence-corrected chi connectivity index (χ2v) is 8.93. The third-order valence-electron chi connectivity index (χ3n) is 5.06. The molecule has 1 fully saturated rings. The van der Waals surface area contributed by atoms with Gasteiger partial charge in [-0.2, -0.15) is 0 Å². The van der Waals surface area contributed by atoms with Gasteiger partial charge in [0.25, 0.3) is 0 Å². The van der Waals surface area contributed by atoms with E-state index in [2.05, 4.69) is 4.98 Å². The summed E-state index contributed by atoms with van der Waals surface area (Å²) in [6.45, 7) is 1.06. The maximum Gasteiger partial charge on any atom is 0.231 e. The minimum absolute atomic E-state index is 0.0123. The summed E-state index contributed by atoms with van der Waals surface area (Å²) in [4.78, 5) is 18.3. The van der Waals surface area contributed by atoms with Crippen LogP contribution in [0, 0.1) is 0 Å². The van der Waals surface area contributed by atoms with Crippen LogP contribution in [0.5, 0.6) is 11.5 Å². The number of amides is 1. The molecule has 144 valence electrons. The number of likely N-dealkylation sites (tertiary alicyclic amines) is 1. The Bertz CT molecular complexity index is 961. The lowest BCUT2D eigenvalue weighted by atomic mass is 10.1. The molecular weight excluding hydrogens is 370 g/mol. The minimum atomic E-state index is -3.48. The molecule has 0 bridgehead atoms. The summed E-state index contributed by atoms with van der Waals surface area (Å²) in [6, 6.07) is 5.47. The van der Waals surface area contributed by atoms with Gasteiger partial charge < -0.3 is 18.9 Å². The maximum atomic E-state index is 12.7. The number of aromatic nitrogens is 2. The van der Waals surface area contributed by atoms with Gasteiger partial charge in [0, 0.05) is 32.5 Å². The van der Waals surface area contributed by atoms with Crippen LogP contribution in [-0.4, -0.2) is 53.9 Å². The van der Waals surface area contributed by atoms with Crippen LogP contribution < -0.4 is 9.47 Å². The molecule has 2 aliphatic heterocycles. The monoisotopic (exact) mass is 391 g/mol. The van der Waals surface area contributed by atoms with E-state index in [1.165, 1.54) is 10.8 Å². The molecule has 0 N–H and O–H groups in total. The van der Waals surface area contributed by atoms with Gasteiger partial charge >= 0.3 is 0 Å². The molecule has 0 aliphatic carbocycles. The van der Waals surface area contributed by atoms with Crippen molar-refractivity contribution in [1.82, 2.24) is 14.5 Å². The molecule has 0 spiro atoms. The first-order valence-corrected chi connectivity index (χ1v) is 10.4. The Kier molecular flexibility index (Phi) is 4.55. The number of hydrogen-bond acceptors (Lipinski definition) is 6. The topological polar surface area (TPSA) is 90.7 Å². The van der Waals surface area contributed by atoms with Crippen LogP contribution in [0.2, 0.25) is 0 Å². The van der Waals surface area contributed by atoms with Crippen molar-refractivity contribution >= 4 is 15.7 Å². The number of imidazole rings is 1. The number of rotatable bonds is 4. The zero-order valence-electron chi connectivity index (χ0n) is 15.0. The fraction of sp³-hybridized carbons (Fsp3) is 0.444.